The topological polar surface area (TPSA) is 193 Å². The fourth-order valence-corrected chi connectivity index (χ4v) is 5.23. The van der Waals surface area contributed by atoms with Crippen molar-refractivity contribution in [2.24, 2.45) is 5.10 Å². The molecule has 5 rings (SSSR count). The van der Waals surface area contributed by atoms with E-state index in [9.17, 15) is 13.2 Å². The molecule has 0 saturated carbocycles. The number of methoxy groups -OCH3 is 1. The van der Waals surface area contributed by atoms with Gasteiger partial charge in [0.05, 0.1) is 13.3 Å². The van der Waals surface area contributed by atoms with Gasteiger partial charge >= 0.3 is 10.1 Å². The van der Waals surface area contributed by atoms with Crippen LogP contribution in [0.5, 0.6) is 11.5 Å². The van der Waals surface area contributed by atoms with Gasteiger partial charge in [-0.3, -0.25) is 9.69 Å². The molecule has 2 aromatic heterocycles. The third kappa shape index (κ3) is 6.33. The van der Waals surface area contributed by atoms with Crippen molar-refractivity contribution in [3.05, 3.63) is 65.5 Å². The number of piperidine rings is 1. The zero-order valence-corrected chi connectivity index (χ0v) is 22.8. The van der Waals surface area contributed by atoms with Gasteiger partial charge in [-0.15, -0.1) is 5.10 Å². The Balaban J connectivity index is 1.33. The van der Waals surface area contributed by atoms with E-state index in [2.05, 4.69) is 40.7 Å². The molecule has 1 aliphatic heterocycles. The SMILES string of the molecule is COc1cc(/C=N/NC(=O)c2c(CN3CCCCC3)nnn2-c2nonc2N)ccc1OS(=O)(=O)c1ccccc1. The number of carbonyl (C=O) groups excluding carboxylic acids is 1. The number of hydrogen-bond acceptors (Lipinski definition) is 13. The van der Waals surface area contributed by atoms with Gasteiger partial charge in [0, 0.05) is 6.54 Å². The zero-order valence-electron chi connectivity index (χ0n) is 22.0. The lowest BCUT2D eigenvalue weighted by molar-refractivity contribution is 0.0944. The van der Waals surface area contributed by atoms with E-state index in [1.165, 1.54) is 37.6 Å². The average molecular weight is 582 g/mol. The molecule has 3 N–H and O–H groups in total. The molecule has 0 aliphatic carbocycles. The first-order valence-electron chi connectivity index (χ1n) is 12.6. The van der Waals surface area contributed by atoms with Crippen LogP contribution in [0.15, 0.2) is 63.2 Å². The minimum absolute atomic E-state index is 0.00585. The van der Waals surface area contributed by atoms with Gasteiger partial charge in [-0.1, -0.05) is 29.8 Å². The lowest BCUT2D eigenvalue weighted by Gasteiger charge is -2.25. The molecule has 1 amide bonds. The van der Waals surface area contributed by atoms with E-state index in [0.717, 1.165) is 37.0 Å². The summed E-state index contributed by atoms with van der Waals surface area (Å²) in [5.41, 5.74) is 9.31. The van der Waals surface area contributed by atoms with Crippen LogP contribution in [0.1, 0.15) is 41.0 Å². The minimum Gasteiger partial charge on any atom is -0.493 e. The summed E-state index contributed by atoms with van der Waals surface area (Å²) in [5.74, 6) is -0.488. The van der Waals surface area contributed by atoms with Crippen LogP contribution in [0.2, 0.25) is 0 Å². The molecule has 0 bridgehead atoms. The summed E-state index contributed by atoms with van der Waals surface area (Å²) in [6.07, 6.45) is 4.64. The smallest absolute Gasteiger partial charge is 0.339 e. The highest BCUT2D eigenvalue weighted by molar-refractivity contribution is 7.87. The Morgan fingerprint density at radius 1 is 1.12 bits per heavy atom. The van der Waals surface area contributed by atoms with Crippen molar-refractivity contribution in [1.29, 1.82) is 0 Å². The molecule has 16 heteroatoms. The fourth-order valence-electron chi connectivity index (χ4n) is 4.27. The Labute approximate surface area is 235 Å². The van der Waals surface area contributed by atoms with Crippen molar-refractivity contribution in [3.63, 3.8) is 0 Å². The van der Waals surface area contributed by atoms with Gasteiger partial charge in [0.25, 0.3) is 5.91 Å². The standard InChI is InChI=1S/C25H27N9O6S/c1-38-21-14-17(10-11-20(21)39-41(36,37)18-8-4-2-5-9-18)15-27-29-25(35)22-19(16-33-12-6-3-7-13-33)28-32-34(22)24-23(26)30-40-31-24/h2,4-5,8-11,14-15H,3,6-7,12-13,16H2,1H3,(H2,26,30)(H,29,35)/b27-15+. The molecule has 3 heterocycles. The highest BCUT2D eigenvalue weighted by atomic mass is 32.2. The number of aromatic nitrogens is 5. The Bertz CT molecular complexity index is 1650. The number of nitrogens with zero attached hydrogens (tertiary/aromatic N) is 7. The number of hydrazone groups is 1. The number of carbonyl (C=O) groups is 1. The quantitative estimate of drug-likeness (QED) is 0.157. The summed E-state index contributed by atoms with van der Waals surface area (Å²) in [5, 5.41) is 19.6. The van der Waals surface area contributed by atoms with Gasteiger partial charge in [0.15, 0.2) is 17.2 Å². The Kier molecular flexibility index (Phi) is 8.21. The number of nitrogens with one attached hydrogen (secondary N) is 1. The highest BCUT2D eigenvalue weighted by Gasteiger charge is 2.26. The molecule has 0 spiro atoms. The fraction of sp³-hybridized carbons (Fsp3) is 0.280. The number of likely N-dealkylation sites (tertiary alicyclic amines) is 1. The molecule has 15 nitrogen and oxygen atoms in total. The average Bonchev–Trinajstić information content (AvgIpc) is 3.60. The lowest BCUT2D eigenvalue weighted by atomic mass is 10.1. The number of hydrogen-bond donors (Lipinski definition) is 2. The molecule has 1 fully saturated rings. The van der Waals surface area contributed by atoms with Gasteiger partial charge in [-0.2, -0.15) is 18.2 Å². The molecule has 0 radical (unpaired) electrons. The van der Waals surface area contributed by atoms with Crippen LogP contribution in [0, 0.1) is 0 Å². The maximum Gasteiger partial charge on any atom is 0.339 e. The van der Waals surface area contributed by atoms with Crippen LogP contribution in [0.4, 0.5) is 5.82 Å². The summed E-state index contributed by atoms with van der Waals surface area (Å²) >= 11 is 0. The van der Waals surface area contributed by atoms with E-state index in [-0.39, 0.29) is 33.7 Å². The molecule has 4 aromatic rings. The summed E-state index contributed by atoms with van der Waals surface area (Å²) in [6.45, 7) is 2.17. The third-order valence-corrected chi connectivity index (χ3v) is 7.52. The molecule has 214 valence electrons. The number of nitrogens with two attached hydrogens (primary N) is 1. The van der Waals surface area contributed by atoms with Crippen molar-refractivity contribution in [2.45, 2.75) is 30.7 Å². The number of benzene rings is 2. The maximum absolute atomic E-state index is 13.3. The first kappa shape index (κ1) is 27.7. The van der Waals surface area contributed by atoms with Crippen molar-refractivity contribution >= 4 is 28.1 Å². The van der Waals surface area contributed by atoms with Crippen LogP contribution in [-0.2, 0) is 16.7 Å². The monoisotopic (exact) mass is 581 g/mol. The van der Waals surface area contributed by atoms with E-state index in [4.69, 9.17) is 14.7 Å². The van der Waals surface area contributed by atoms with Crippen LogP contribution < -0.4 is 20.1 Å². The predicted octanol–water partition coefficient (Wildman–Crippen LogP) is 1.76. The third-order valence-electron chi connectivity index (χ3n) is 6.27. The molecule has 41 heavy (non-hydrogen) atoms. The van der Waals surface area contributed by atoms with Crippen LogP contribution >= 0.6 is 0 Å². The summed E-state index contributed by atoms with van der Waals surface area (Å²) in [7, 11) is -2.69. The zero-order chi connectivity index (χ0) is 28.8. The van der Waals surface area contributed by atoms with E-state index in [1.54, 1.807) is 24.3 Å². The van der Waals surface area contributed by atoms with E-state index < -0.39 is 16.0 Å². The number of nitrogen functional groups attached to an aromatic ring is 1. The first-order valence-corrected chi connectivity index (χ1v) is 14.0. The largest absolute Gasteiger partial charge is 0.493 e. The normalized spacial score (nSPS) is 14.3. The van der Waals surface area contributed by atoms with E-state index in [0.29, 0.717) is 17.8 Å². The number of anilines is 1. The van der Waals surface area contributed by atoms with Gasteiger partial charge in [0.2, 0.25) is 11.6 Å². The molecular formula is C25H27N9O6S. The number of ether oxygens (including phenoxy) is 1. The summed E-state index contributed by atoms with van der Waals surface area (Å²) < 4.78 is 41.7. The second-order valence-corrected chi connectivity index (χ2v) is 10.6. The van der Waals surface area contributed by atoms with Gasteiger partial charge in [0.1, 0.15) is 10.6 Å². The van der Waals surface area contributed by atoms with Gasteiger partial charge in [-0.25, -0.2) is 10.1 Å². The summed E-state index contributed by atoms with van der Waals surface area (Å²) in [4.78, 5) is 15.5. The van der Waals surface area contributed by atoms with Gasteiger partial charge in [-0.05, 0) is 72.1 Å². The second kappa shape index (κ2) is 12.1. The van der Waals surface area contributed by atoms with E-state index >= 15 is 0 Å². The molecule has 0 atom stereocenters. The number of amides is 1. The van der Waals surface area contributed by atoms with Crippen LogP contribution in [0.3, 0.4) is 0 Å². The molecule has 1 saturated heterocycles. The second-order valence-electron chi connectivity index (χ2n) is 9.07. The first-order chi connectivity index (χ1) is 19.9. The van der Waals surface area contributed by atoms with Crippen molar-refractivity contribution in [3.8, 4) is 17.3 Å². The van der Waals surface area contributed by atoms with Crippen LogP contribution in [-0.4, -0.2) is 70.9 Å². The Morgan fingerprint density at radius 2 is 1.90 bits per heavy atom. The van der Waals surface area contributed by atoms with Crippen molar-refractivity contribution in [2.75, 3.05) is 25.9 Å². The van der Waals surface area contributed by atoms with Crippen molar-refractivity contribution < 1.29 is 26.8 Å². The van der Waals surface area contributed by atoms with Gasteiger partial charge < -0.3 is 14.7 Å². The molecule has 0 unspecified atom stereocenters. The molecular weight excluding hydrogens is 554 g/mol. The summed E-state index contributed by atoms with van der Waals surface area (Å²) in [6, 6.07) is 12.3. The molecule has 2 aromatic carbocycles. The molecule has 1 aliphatic rings. The Morgan fingerprint density at radius 3 is 2.61 bits per heavy atom. The minimum atomic E-state index is -4.07. The van der Waals surface area contributed by atoms with Crippen LogP contribution in [0.25, 0.3) is 5.82 Å². The Hall–Kier alpha value is -4.83. The van der Waals surface area contributed by atoms with E-state index in [1.807, 2.05) is 0 Å². The lowest BCUT2D eigenvalue weighted by Crippen LogP contribution is -2.31. The van der Waals surface area contributed by atoms with Crippen molar-refractivity contribution in [1.82, 2.24) is 35.6 Å². The highest BCUT2D eigenvalue weighted by Crippen LogP contribution is 2.30. The maximum atomic E-state index is 13.3. The number of rotatable bonds is 10. The predicted molar refractivity (Wildman–Crippen MR) is 145 cm³/mol.